The first-order valence-electron chi connectivity index (χ1n) is 6.31. The summed E-state index contributed by atoms with van der Waals surface area (Å²) in [6.45, 7) is 2.34. The Morgan fingerprint density at radius 1 is 1.45 bits per heavy atom. The van der Waals surface area contributed by atoms with Crippen LogP contribution in [0.4, 0.5) is 0 Å². The molecule has 0 aromatic carbocycles. The number of amides is 1. The van der Waals surface area contributed by atoms with Crippen LogP contribution in [0.25, 0.3) is 0 Å². The zero-order chi connectivity index (χ0) is 13.0. The molecule has 1 aromatic rings. The minimum absolute atomic E-state index is 0. The molecule has 0 saturated carbocycles. The van der Waals surface area contributed by atoms with Gasteiger partial charge >= 0.3 is 0 Å². The van der Waals surface area contributed by atoms with E-state index in [1.54, 1.807) is 12.3 Å². The number of nitrogens with two attached hydrogens (primary N) is 1. The summed E-state index contributed by atoms with van der Waals surface area (Å²) in [7, 11) is 0. The second-order valence-electron chi connectivity index (χ2n) is 4.70. The molecule has 1 unspecified atom stereocenters. The Labute approximate surface area is 140 Å². The van der Waals surface area contributed by atoms with E-state index in [1.165, 1.54) is 6.42 Å². The first-order chi connectivity index (χ1) is 8.70. The number of pyridine rings is 1. The number of carbonyl (C=O) groups is 1. The van der Waals surface area contributed by atoms with E-state index in [-0.39, 0.29) is 30.7 Å². The van der Waals surface area contributed by atoms with E-state index in [0.29, 0.717) is 18.2 Å². The second kappa shape index (κ2) is 9.55. The summed E-state index contributed by atoms with van der Waals surface area (Å²) in [6.07, 6.45) is 4.90. The normalized spacial score (nSPS) is 17.9. The van der Waals surface area contributed by atoms with E-state index in [4.69, 9.17) is 5.73 Å². The fourth-order valence-electron chi connectivity index (χ4n) is 2.39. The van der Waals surface area contributed by atoms with Crippen LogP contribution in [0.1, 0.15) is 29.8 Å². The van der Waals surface area contributed by atoms with Crippen molar-refractivity contribution in [2.45, 2.75) is 19.3 Å². The van der Waals surface area contributed by atoms with Gasteiger partial charge in [-0.2, -0.15) is 0 Å². The lowest BCUT2D eigenvalue weighted by Gasteiger charge is -2.32. The number of hydrogen-bond acceptors (Lipinski definition) is 3. The average Bonchev–Trinajstić information content (AvgIpc) is 2.39. The molecule has 1 saturated heterocycles. The maximum Gasteiger partial charge on any atom is 0.272 e. The molecule has 1 aromatic heterocycles. The molecule has 1 aliphatic rings. The van der Waals surface area contributed by atoms with Crippen LogP contribution in [0.15, 0.2) is 22.8 Å². The van der Waals surface area contributed by atoms with Crippen LogP contribution in [-0.2, 0) is 0 Å². The van der Waals surface area contributed by atoms with Crippen LogP contribution in [0, 0.1) is 5.92 Å². The molecule has 1 amide bonds. The van der Waals surface area contributed by atoms with Crippen molar-refractivity contribution in [3.05, 3.63) is 28.5 Å². The summed E-state index contributed by atoms with van der Waals surface area (Å²) < 4.78 is 0.888. The number of nitrogens with zero attached hydrogens (tertiary/aromatic N) is 2. The third-order valence-electron chi connectivity index (χ3n) is 3.33. The van der Waals surface area contributed by atoms with Crippen molar-refractivity contribution in [3.63, 3.8) is 0 Å². The highest BCUT2D eigenvalue weighted by Gasteiger charge is 2.24. The smallest absolute Gasteiger partial charge is 0.272 e. The molecule has 114 valence electrons. The highest BCUT2D eigenvalue weighted by Crippen LogP contribution is 2.20. The van der Waals surface area contributed by atoms with Crippen molar-refractivity contribution in [1.82, 2.24) is 9.88 Å². The number of aromatic nitrogens is 1. The van der Waals surface area contributed by atoms with Crippen molar-refractivity contribution in [1.29, 1.82) is 0 Å². The Morgan fingerprint density at radius 3 is 2.80 bits per heavy atom. The lowest BCUT2D eigenvalue weighted by atomic mass is 9.94. The molecule has 2 N–H and O–H groups in total. The predicted molar refractivity (Wildman–Crippen MR) is 88.7 cm³/mol. The van der Waals surface area contributed by atoms with Gasteiger partial charge in [0.05, 0.1) is 0 Å². The molecule has 0 spiro atoms. The molecule has 1 atom stereocenters. The minimum atomic E-state index is 0. The van der Waals surface area contributed by atoms with Crippen LogP contribution in [0.2, 0.25) is 0 Å². The molecule has 4 nitrogen and oxygen atoms in total. The van der Waals surface area contributed by atoms with Gasteiger partial charge < -0.3 is 10.6 Å². The van der Waals surface area contributed by atoms with Gasteiger partial charge in [0.15, 0.2) is 0 Å². The quantitative estimate of drug-likeness (QED) is 0.871. The van der Waals surface area contributed by atoms with E-state index in [2.05, 4.69) is 20.9 Å². The molecule has 0 bridgehead atoms. The molecule has 7 heteroatoms. The van der Waals surface area contributed by atoms with E-state index in [0.717, 1.165) is 30.4 Å². The summed E-state index contributed by atoms with van der Waals surface area (Å²) in [5.41, 5.74) is 6.11. The standard InChI is InChI=1S/C13H18BrN3O.2ClH/c14-11-3-4-12(16-8-11)13(18)17-7-1-2-10(9-17)5-6-15;;/h3-4,8,10H,1-2,5-7,9,15H2;2*1H. The van der Waals surface area contributed by atoms with Gasteiger partial charge in [-0.3, -0.25) is 4.79 Å². The van der Waals surface area contributed by atoms with Gasteiger partial charge in [0.25, 0.3) is 5.91 Å². The molecule has 2 rings (SSSR count). The summed E-state index contributed by atoms with van der Waals surface area (Å²) in [4.78, 5) is 18.3. The van der Waals surface area contributed by atoms with Gasteiger partial charge in [0, 0.05) is 23.8 Å². The van der Waals surface area contributed by atoms with Crippen LogP contribution in [0.5, 0.6) is 0 Å². The Bertz CT molecular complexity index is 415. The van der Waals surface area contributed by atoms with Crippen molar-refractivity contribution in [3.8, 4) is 0 Å². The predicted octanol–water partition coefficient (Wildman–Crippen LogP) is 2.89. The third kappa shape index (κ3) is 5.20. The highest BCUT2D eigenvalue weighted by molar-refractivity contribution is 9.10. The van der Waals surface area contributed by atoms with Crippen LogP contribution >= 0.6 is 40.7 Å². The van der Waals surface area contributed by atoms with Gasteiger partial charge in [-0.15, -0.1) is 24.8 Å². The lowest BCUT2D eigenvalue weighted by molar-refractivity contribution is 0.0663. The molecular formula is C13H20BrCl2N3O. The highest BCUT2D eigenvalue weighted by atomic mass is 79.9. The number of likely N-dealkylation sites (tertiary alicyclic amines) is 1. The molecular weight excluding hydrogens is 365 g/mol. The number of rotatable bonds is 3. The van der Waals surface area contributed by atoms with E-state index >= 15 is 0 Å². The first kappa shape index (κ1) is 19.6. The van der Waals surface area contributed by atoms with E-state index < -0.39 is 0 Å². The molecule has 20 heavy (non-hydrogen) atoms. The second-order valence-corrected chi connectivity index (χ2v) is 5.61. The number of hydrogen-bond donors (Lipinski definition) is 1. The van der Waals surface area contributed by atoms with Crippen LogP contribution < -0.4 is 5.73 Å². The maximum absolute atomic E-state index is 12.3. The maximum atomic E-state index is 12.3. The number of halogens is 3. The average molecular weight is 385 g/mol. The fourth-order valence-corrected chi connectivity index (χ4v) is 2.62. The van der Waals surface area contributed by atoms with Gasteiger partial charge in [-0.1, -0.05) is 0 Å². The molecule has 1 aliphatic heterocycles. The van der Waals surface area contributed by atoms with E-state index in [1.807, 2.05) is 11.0 Å². The Kier molecular flexibility index (Phi) is 9.38. The van der Waals surface area contributed by atoms with Crippen molar-refractivity contribution in [2.75, 3.05) is 19.6 Å². The van der Waals surface area contributed by atoms with Gasteiger partial charge in [-0.25, -0.2) is 4.98 Å². The summed E-state index contributed by atoms with van der Waals surface area (Å²) in [6, 6.07) is 3.61. The van der Waals surface area contributed by atoms with Crippen molar-refractivity contribution in [2.24, 2.45) is 11.7 Å². The Morgan fingerprint density at radius 2 is 2.20 bits per heavy atom. The lowest BCUT2D eigenvalue weighted by Crippen LogP contribution is -2.40. The summed E-state index contributed by atoms with van der Waals surface area (Å²) in [5.74, 6) is 0.576. The van der Waals surface area contributed by atoms with Crippen molar-refractivity contribution >= 4 is 46.7 Å². The molecule has 1 fully saturated rings. The summed E-state index contributed by atoms with van der Waals surface area (Å²) in [5, 5.41) is 0. The first-order valence-corrected chi connectivity index (χ1v) is 7.11. The monoisotopic (exact) mass is 383 g/mol. The van der Waals surface area contributed by atoms with Crippen LogP contribution in [-0.4, -0.2) is 35.4 Å². The topological polar surface area (TPSA) is 59.2 Å². The Balaban J connectivity index is 0.00000180. The molecule has 0 radical (unpaired) electrons. The third-order valence-corrected chi connectivity index (χ3v) is 3.80. The zero-order valence-electron chi connectivity index (χ0n) is 11.1. The molecule has 2 heterocycles. The zero-order valence-corrected chi connectivity index (χ0v) is 14.3. The van der Waals surface area contributed by atoms with Gasteiger partial charge in [0.2, 0.25) is 0 Å². The summed E-state index contributed by atoms with van der Waals surface area (Å²) >= 11 is 3.32. The largest absolute Gasteiger partial charge is 0.337 e. The molecule has 0 aliphatic carbocycles. The number of piperidine rings is 1. The van der Waals surface area contributed by atoms with Gasteiger partial charge in [-0.05, 0) is 59.8 Å². The van der Waals surface area contributed by atoms with E-state index in [9.17, 15) is 4.79 Å². The van der Waals surface area contributed by atoms with Crippen molar-refractivity contribution < 1.29 is 4.79 Å². The number of carbonyl (C=O) groups excluding carboxylic acids is 1. The van der Waals surface area contributed by atoms with Gasteiger partial charge in [0.1, 0.15) is 5.69 Å². The SMILES string of the molecule is Cl.Cl.NCCC1CCCN(C(=O)c2ccc(Br)cn2)C1. The fraction of sp³-hybridized carbons (Fsp3) is 0.538. The minimum Gasteiger partial charge on any atom is -0.337 e. The Hall–Kier alpha value is -0.360. The van der Waals surface area contributed by atoms with Crippen LogP contribution in [0.3, 0.4) is 0 Å².